The van der Waals surface area contributed by atoms with Crippen molar-refractivity contribution in [2.24, 2.45) is 0 Å². The van der Waals surface area contributed by atoms with Gasteiger partial charge in [0.15, 0.2) is 5.82 Å². The van der Waals surface area contributed by atoms with E-state index in [4.69, 9.17) is 4.52 Å². The molecule has 0 radical (unpaired) electrons. The van der Waals surface area contributed by atoms with Crippen LogP contribution in [-0.4, -0.2) is 16.7 Å². The van der Waals surface area contributed by atoms with Gasteiger partial charge in [-0.05, 0) is 31.0 Å². The molecule has 112 valence electrons. The molecule has 0 aliphatic carbocycles. The summed E-state index contributed by atoms with van der Waals surface area (Å²) >= 11 is 0. The molecule has 0 spiro atoms. The second-order valence-electron chi connectivity index (χ2n) is 5.07. The minimum absolute atomic E-state index is 0.0627. The van der Waals surface area contributed by atoms with Crippen molar-refractivity contribution >= 4 is 0 Å². The number of nitrogens with zero attached hydrogens (tertiary/aromatic N) is 2. The van der Waals surface area contributed by atoms with Gasteiger partial charge in [-0.25, -0.2) is 0 Å². The van der Waals surface area contributed by atoms with Gasteiger partial charge in [-0.3, -0.25) is 0 Å². The van der Waals surface area contributed by atoms with Gasteiger partial charge in [0.05, 0.1) is 11.6 Å². The zero-order chi connectivity index (χ0) is 14.9. The van der Waals surface area contributed by atoms with E-state index in [1.165, 1.54) is 6.07 Å². The first-order chi connectivity index (χ1) is 10.0. The minimum Gasteiger partial charge on any atom is -0.338 e. The van der Waals surface area contributed by atoms with Gasteiger partial charge in [0.2, 0.25) is 5.89 Å². The van der Waals surface area contributed by atoms with Gasteiger partial charge in [-0.2, -0.15) is 18.2 Å². The Labute approximate surface area is 119 Å². The van der Waals surface area contributed by atoms with E-state index in [1.54, 1.807) is 6.07 Å². The van der Waals surface area contributed by atoms with Crippen LogP contribution in [0.25, 0.3) is 0 Å². The summed E-state index contributed by atoms with van der Waals surface area (Å²) in [6.45, 7) is 0.913. The molecule has 1 N–H and O–H groups in total. The zero-order valence-corrected chi connectivity index (χ0v) is 11.2. The van der Waals surface area contributed by atoms with E-state index in [1.807, 2.05) is 0 Å². The van der Waals surface area contributed by atoms with Crippen molar-refractivity contribution in [3.63, 3.8) is 0 Å². The van der Waals surface area contributed by atoms with E-state index in [0.29, 0.717) is 17.3 Å². The predicted octanol–water partition coefficient (Wildman–Crippen LogP) is 3.10. The smallest absolute Gasteiger partial charge is 0.338 e. The number of hydrogen-bond acceptors (Lipinski definition) is 4. The summed E-state index contributed by atoms with van der Waals surface area (Å²) in [5.74, 6) is 0.910. The zero-order valence-electron chi connectivity index (χ0n) is 11.2. The van der Waals surface area contributed by atoms with Crippen LogP contribution in [0.3, 0.4) is 0 Å². The van der Waals surface area contributed by atoms with Crippen molar-refractivity contribution in [1.29, 1.82) is 0 Å². The summed E-state index contributed by atoms with van der Waals surface area (Å²) in [5, 5.41) is 7.07. The lowest BCUT2D eigenvalue weighted by Crippen LogP contribution is -2.13. The number of benzene rings is 1. The SMILES string of the molecule is FC(F)(F)c1cccc(Cc2noc(C3CCCN3)n2)c1. The fraction of sp³-hybridized carbons (Fsp3) is 0.429. The summed E-state index contributed by atoms with van der Waals surface area (Å²) in [6, 6.07) is 5.24. The van der Waals surface area contributed by atoms with Crippen LogP contribution in [-0.2, 0) is 12.6 Å². The van der Waals surface area contributed by atoms with E-state index in [0.717, 1.165) is 31.5 Å². The minimum atomic E-state index is -4.34. The lowest BCUT2D eigenvalue weighted by atomic mass is 10.1. The first-order valence-corrected chi connectivity index (χ1v) is 6.74. The lowest BCUT2D eigenvalue weighted by Gasteiger charge is -2.07. The fourth-order valence-electron chi connectivity index (χ4n) is 2.42. The number of alkyl halides is 3. The van der Waals surface area contributed by atoms with E-state index < -0.39 is 11.7 Å². The largest absolute Gasteiger partial charge is 0.416 e. The third-order valence-electron chi connectivity index (χ3n) is 3.46. The van der Waals surface area contributed by atoms with E-state index in [9.17, 15) is 13.2 Å². The summed E-state index contributed by atoms with van der Waals surface area (Å²) in [5.41, 5.74) is -0.155. The average molecular weight is 297 g/mol. The van der Waals surface area contributed by atoms with E-state index >= 15 is 0 Å². The van der Waals surface area contributed by atoms with Crippen LogP contribution in [0, 0.1) is 0 Å². The van der Waals surface area contributed by atoms with Gasteiger partial charge in [0, 0.05) is 6.42 Å². The third kappa shape index (κ3) is 3.24. The molecule has 0 saturated carbocycles. The van der Waals surface area contributed by atoms with Gasteiger partial charge in [0.1, 0.15) is 0 Å². The van der Waals surface area contributed by atoms with Crippen LogP contribution >= 0.6 is 0 Å². The molecule has 4 nitrogen and oxygen atoms in total. The standard InChI is InChI=1S/C14H14F3N3O/c15-14(16,17)10-4-1-3-9(7-10)8-12-19-13(21-20-12)11-5-2-6-18-11/h1,3-4,7,11,18H,2,5-6,8H2. The van der Waals surface area contributed by atoms with Gasteiger partial charge < -0.3 is 9.84 Å². The second-order valence-corrected chi connectivity index (χ2v) is 5.07. The molecule has 2 aromatic rings. The van der Waals surface area contributed by atoms with Crippen LogP contribution in [0.15, 0.2) is 28.8 Å². The Hall–Kier alpha value is -1.89. The van der Waals surface area contributed by atoms with Crippen molar-refractivity contribution < 1.29 is 17.7 Å². The molecule has 1 unspecified atom stereocenters. The quantitative estimate of drug-likeness (QED) is 0.946. The number of nitrogens with one attached hydrogen (secondary N) is 1. The third-order valence-corrected chi connectivity index (χ3v) is 3.46. The van der Waals surface area contributed by atoms with Crippen LogP contribution in [0.4, 0.5) is 13.2 Å². The molecule has 1 aromatic heterocycles. The molecule has 1 aliphatic heterocycles. The first-order valence-electron chi connectivity index (χ1n) is 6.74. The van der Waals surface area contributed by atoms with Crippen LogP contribution < -0.4 is 5.32 Å². The Bertz CT molecular complexity index is 618. The Kier molecular flexibility index (Phi) is 3.67. The van der Waals surface area contributed by atoms with Crippen LogP contribution in [0.2, 0.25) is 0 Å². The molecular weight excluding hydrogens is 283 g/mol. The summed E-state index contributed by atoms with van der Waals surface area (Å²) in [4.78, 5) is 4.26. The molecule has 21 heavy (non-hydrogen) atoms. The van der Waals surface area contributed by atoms with Crippen molar-refractivity contribution in [2.75, 3.05) is 6.54 Å². The second kappa shape index (κ2) is 5.48. The molecule has 1 saturated heterocycles. The molecule has 0 amide bonds. The number of halogens is 3. The normalized spacial score (nSPS) is 19.1. The monoisotopic (exact) mass is 297 g/mol. The van der Waals surface area contributed by atoms with Gasteiger partial charge in [0.25, 0.3) is 0 Å². The topological polar surface area (TPSA) is 51.0 Å². The maximum Gasteiger partial charge on any atom is 0.416 e. The highest BCUT2D eigenvalue weighted by atomic mass is 19.4. The van der Waals surface area contributed by atoms with Gasteiger partial charge in [-0.1, -0.05) is 23.4 Å². The molecule has 1 aliphatic rings. The number of hydrogen-bond donors (Lipinski definition) is 1. The highest BCUT2D eigenvalue weighted by Gasteiger charge is 2.30. The number of aromatic nitrogens is 2. The Morgan fingerprint density at radius 3 is 2.90 bits per heavy atom. The maximum atomic E-state index is 12.7. The van der Waals surface area contributed by atoms with Crippen molar-refractivity contribution in [1.82, 2.24) is 15.5 Å². The van der Waals surface area contributed by atoms with Crippen molar-refractivity contribution in [3.8, 4) is 0 Å². The molecule has 1 aromatic carbocycles. The molecule has 3 rings (SSSR count). The average Bonchev–Trinajstić information content (AvgIpc) is 3.08. The Morgan fingerprint density at radius 2 is 2.19 bits per heavy atom. The molecule has 1 fully saturated rings. The van der Waals surface area contributed by atoms with E-state index in [-0.39, 0.29) is 12.5 Å². The van der Waals surface area contributed by atoms with Crippen molar-refractivity contribution in [3.05, 3.63) is 47.1 Å². The highest BCUT2D eigenvalue weighted by Crippen LogP contribution is 2.30. The summed E-state index contributed by atoms with van der Waals surface area (Å²) < 4.78 is 43.1. The predicted molar refractivity (Wildman–Crippen MR) is 68.5 cm³/mol. The molecule has 7 heteroatoms. The highest BCUT2D eigenvalue weighted by molar-refractivity contribution is 5.27. The fourth-order valence-corrected chi connectivity index (χ4v) is 2.42. The number of rotatable bonds is 3. The Balaban J connectivity index is 1.74. The maximum absolute atomic E-state index is 12.7. The first kappa shape index (κ1) is 14.1. The van der Waals surface area contributed by atoms with Crippen LogP contribution in [0.1, 0.15) is 41.7 Å². The summed E-state index contributed by atoms with van der Waals surface area (Å²) in [7, 11) is 0. The summed E-state index contributed by atoms with van der Waals surface area (Å²) in [6.07, 6.45) is -2.13. The lowest BCUT2D eigenvalue weighted by molar-refractivity contribution is -0.137. The molecule has 1 atom stereocenters. The van der Waals surface area contributed by atoms with Gasteiger partial charge >= 0.3 is 6.18 Å². The molecule has 0 bridgehead atoms. The molecule has 2 heterocycles. The van der Waals surface area contributed by atoms with Gasteiger partial charge in [-0.15, -0.1) is 0 Å². The van der Waals surface area contributed by atoms with Crippen molar-refractivity contribution in [2.45, 2.75) is 31.5 Å². The van der Waals surface area contributed by atoms with E-state index in [2.05, 4.69) is 15.5 Å². The molecular formula is C14H14F3N3O. The Morgan fingerprint density at radius 1 is 1.33 bits per heavy atom. The van der Waals surface area contributed by atoms with Crippen LogP contribution in [0.5, 0.6) is 0 Å².